The average molecular weight is 533 g/mol. The Morgan fingerprint density at radius 2 is 1.48 bits per heavy atom. The van der Waals surface area contributed by atoms with Crippen LogP contribution < -0.4 is 0 Å². The number of hydrogen-bond acceptors (Lipinski definition) is 0. The van der Waals surface area contributed by atoms with Crippen LogP contribution in [0.4, 0.5) is 0 Å². The summed E-state index contributed by atoms with van der Waals surface area (Å²) in [5.74, 6) is 0. The third kappa shape index (κ3) is 5.49. The molecule has 0 unspecified atom stereocenters. The van der Waals surface area contributed by atoms with Crippen LogP contribution >= 0.6 is 31.9 Å². The summed E-state index contributed by atoms with van der Waals surface area (Å²) in [6, 6.07) is 15.0. The molecule has 3 heteroatoms. The molecule has 0 aromatic heterocycles. The number of halogens is 2. The second-order valence-corrected chi connectivity index (χ2v) is 9.64. The summed E-state index contributed by atoms with van der Waals surface area (Å²) in [7, 11) is 0. The average Bonchev–Trinajstić information content (AvgIpc) is 3.25. The van der Waals surface area contributed by atoms with Crippen LogP contribution in [0.1, 0.15) is 25.7 Å². The molecule has 3 aromatic carbocycles. The summed E-state index contributed by atoms with van der Waals surface area (Å²) in [5, 5.41) is 5.21. The first-order valence-electron chi connectivity index (χ1n) is 8.36. The van der Waals surface area contributed by atoms with E-state index in [0.29, 0.717) is 0 Å². The molecular weight excluding hydrogens is 515 g/mol. The third-order valence-electron chi connectivity index (χ3n) is 4.17. The van der Waals surface area contributed by atoms with Gasteiger partial charge >= 0.3 is 46.7 Å². The number of benzene rings is 2. The van der Waals surface area contributed by atoms with Crippen LogP contribution in [0.25, 0.3) is 21.5 Å². The predicted octanol–water partition coefficient (Wildman–Crippen LogP) is 7.43. The molecule has 0 nitrogen and oxygen atoms in total. The van der Waals surface area contributed by atoms with E-state index in [1.54, 1.807) is 27.4 Å². The van der Waals surface area contributed by atoms with Crippen molar-refractivity contribution >= 4 is 56.6 Å². The monoisotopic (exact) mass is 530 g/mol. The maximum absolute atomic E-state index is 3.51. The fourth-order valence-electron chi connectivity index (χ4n) is 2.64. The van der Waals surface area contributed by atoms with Crippen molar-refractivity contribution in [2.45, 2.75) is 25.7 Å². The molecule has 2 aliphatic rings. The zero-order chi connectivity index (χ0) is 17.6. The molecule has 124 valence electrons. The molecule has 0 spiro atoms. The van der Waals surface area contributed by atoms with Crippen molar-refractivity contribution in [3.05, 3.63) is 75.7 Å². The molecule has 0 heterocycles. The van der Waals surface area contributed by atoms with Gasteiger partial charge in [-0.25, -0.2) is 12.2 Å². The van der Waals surface area contributed by atoms with Crippen LogP contribution in [0, 0.1) is 6.08 Å². The molecule has 3 aromatic rings. The van der Waals surface area contributed by atoms with E-state index < -0.39 is 0 Å². The molecule has 0 bridgehead atoms. The van der Waals surface area contributed by atoms with Crippen LogP contribution in [0.3, 0.4) is 0 Å². The van der Waals surface area contributed by atoms with Gasteiger partial charge in [0.15, 0.2) is 0 Å². The summed E-state index contributed by atoms with van der Waals surface area (Å²) in [5.41, 5.74) is 0. The molecule has 2 aliphatic carbocycles. The Kier molecular flexibility index (Phi) is 7.28. The van der Waals surface area contributed by atoms with Crippen molar-refractivity contribution in [1.29, 1.82) is 0 Å². The van der Waals surface area contributed by atoms with E-state index in [-0.39, 0.29) is 0 Å². The Bertz CT molecular complexity index is 875. The minimum absolute atomic E-state index is 1.01. The van der Waals surface area contributed by atoms with Crippen molar-refractivity contribution in [3.8, 4) is 0 Å². The van der Waals surface area contributed by atoms with Crippen molar-refractivity contribution in [2.24, 2.45) is 0 Å². The quantitative estimate of drug-likeness (QED) is 0.264. The van der Waals surface area contributed by atoms with Crippen LogP contribution in [-0.4, -0.2) is 3.21 Å². The van der Waals surface area contributed by atoms with Crippen LogP contribution in [-0.2, 0) is 24.2 Å². The molecule has 0 N–H and O–H groups in total. The molecule has 0 saturated heterocycles. The Morgan fingerprint density at radius 1 is 0.920 bits per heavy atom. The Labute approximate surface area is 180 Å². The van der Waals surface area contributed by atoms with Crippen molar-refractivity contribution in [1.82, 2.24) is 0 Å². The minimum atomic E-state index is 1.01. The second-order valence-electron chi connectivity index (χ2n) is 6.07. The van der Waals surface area contributed by atoms with E-state index in [1.807, 2.05) is 12.2 Å². The first-order chi connectivity index (χ1) is 12.1. The summed E-state index contributed by atoms with van der Waals surface area (Å²) in [4.78, 5) is 0. The molecule has 0 amide bonds. The fourth-order valence-corrected chi connectivity index (χ4v) is 4.23. The second kappa shape index (κ2) is 9.44. The Hall–Kier alpha value is -0.497. The summed E-state index contributed by atoms with van der Waals surface area (Å²) in [6.45, 7) is 0. The number of hydrogen-bond donors (Lipinski definition) is 0. The summed E-state index contributed by atoms with van der Waals surface area (Å²) in [6.07, 6.45) is 14.4. The van der Waals surface area contributed by atoms with E-state index in [2.05, 4.69) is 86.5 Å². The predicted molar refractivity (Wildman–Crippen MR) is 113 cm³/mol. The fraction of sp³-hybridized carbons (Fsp3) is 0.182. The van der Waals surface area contributed by atoms with Crippen molar-refractivity contribution in [3.63, 3.8) is 0 Å². The molecule has 25 heavy (non-hydrogen) atoms. The van der Waals surface area contributed by atoms with Gasteiger partial charge in [0.1, 0.15) is 0 Å². The normalized spacial score (nSPS) is 14.8. The van der Waals surface area contributed by atoms with Crippen molar-refractivity contribution in [2.75, 3.05) is 0 Å². The van der Waals surface area contributed by atoms with Gasteiger partial charge in [0.2, 0.25) is 0 Å². The summed E-state index contributed by atoms with van der Waals surface area (Å²) >= 11 is 8.69. The van der Waals surface area contributed by atoms with Gasteiger partial charge in [0.25, 0.3) is 0 Å². The van der Waals surface area contributed by atoms with Gasteiger partial charge in [0.05, 0.1) is 0 Å². The van der Waals surface area contributed by atoms with Crippen molar-refractivity contribution < 1.29 is 24.2 Å². The van der Waals surface area contributed by atoms with E-state index in [1.165, 1.54) is 40.8 Å². The van der Waals surface area contributed by atoms with Crippen LogP contribution in [0.5, 0.6) is 0 Å². The molecular formula is C22H18Br2Zr. The number of fused-ring (bicyclic) bond motifs is 3. The topological polar surface area (TPSA) is 0 Å². The van der Waals surface area contributed by atoms with Gasteiger partial charge in [-0.1, -0.05) is 56.1 Å². The number of rotatable bonds is 0. The standard InChI is InChI=1S/C13H7Br2.C5H5.C4H6.Zr/c14-10-3-1-8-5-9-2-4-11(15)7-13(9)12(8)6-10;1-2-4-5-3-1;1-2-4-3-1;/h1-7H;1-3H,4H2;1-3H2;/q2*-1;;+2. The maximum atomic E-state index is 3.51. The molecule has 0 aliphatic heterocycles. The Balaban J connectivity index is 0.000000148. The molecule has 1 saturated carbocycles. The zero-order valence-electron chi connectivity index (χ0n) is 13.9. The van der Waals surface area contributed by atoms with E-state index >= 15 is 0 Å². The number of allylic oxidation sites excluding steroid dienone is 4. The van der Waals surface area contributed by atoms with E-state index in [4.69, 9.17) is 0 Å². The van der Waals surface area contributed by atoms with E-state index in [9.17, 15) is 0 Å². The molecule has 5 rings (SSSR count). The van der Waals surface area contributed by atoms with Gasteiger partial charge in [0, 0.05) is 8.95 Å². The van der Waals surface area contributed by atoms with Crippen LogP contribution in [0.15, 0.2) is 69.6 Å². The van der Waals surface area contributed by atoms with Gasteiger partial charge in [-0.15, -0.1) is 46.2 Å². The zero-order valence-corrected chi connectivity index (χ0v) is 19.5. The third-order valence-corrected chi connectivity index (χ3v) is 6.39. The molecule has 0 atom stereocenters. The van der Waals surface area contributed by atoms with E-state index in [0.717, 1.165) is 15.4 Å². The first-order valence-corrected chi connectivity index (χ1v) is 11.2. The first kappa shape index (κ1) is 19.3. The van der Waals surface area contributed by atoms with Gasteiger partial charge in [-0.05, 0) is 0 Å². The van der Waals surface area contributed by atoms with Gasteiger partial charge in [-0.3, -0.25) is 6.08 Å². The van der Waals surface area contributed by atoms with Crippen LogP contribution in [0.2, 0.25) is 0 Å². The molecule has 0 radical (unpaired) electrons. The SMILES string of the molecule is Brc1ccc2[cH-]c3ccc(Br)cc3c2c1.[C-]1=CC=CC1.[Zr+2]=[C]1CCC1. The summed E-state index contributed by atoms with van der Waals surface area (Å²) < 4.78 is 4.03. The van der Waals surface area contributed by atoms with Gasteiger partial charge < -0.3 is 0 Å². The molecule has 1 fully saturated rings. The Morgan fingerprint density at radius 3 is 1.80 bits per heavy atom. The van der Waals surface area contributed by atoms with Gasteiger partial charge in [-0.2, -0.15) is 6.08 Å².